The molecule has 0 saturated carbocycles. The van der Waals surface area contributed by atoms with Crippen LogP contribution in [0.5, 0.6) is 0 Å². The highest BCUT2D eigenvalue weighted by molar-refractivity contribution is 5.94. The second kappa shape index (κ2) is 7.95. The summed E-state index contributed by atoms with van der Waals surface area (Å²) in [5, 5.41) is 9.09. The number of benzene rings is 1. The molecular weight excluding hydrogens is 276 g/mol. The maximum Gasteiger partial charge on any atom is 0.254 e. The van der Waals surface area contributed by atoms with E-state index in [1.807, 2.05) is 29.2 Å². The molecule has 0 aliphatic carbocycles. The maximum absolute atomic E-state index is 12.6. The van der Waals surface area contributed by atoms with E-state index in [-0.39, 0.29) is 11.8 Å². The Morgan fingerprint density at radius 1 is 1.41 bits per heavy atom. The highest BCUT2D eigenvalue weighted by Gasteiger charge is 2.22. The highest BCUT2D eigenvalue weighted by Crippen LogP contribution is 2.30. The molecular formula is C18H24N2O2. The van der Waals surface area contributed by atoms with Gasteiger partial charge in [0.1, 0.15) is 0 Å². The standard InChI is InChI=1S/C18H24N2O2/c1-3-14(2)17(7-8-19)15-5-4-6-16(13-15)18(21)20-9-11-22-12-10-20/h4-6,13-14,17H,3,7,9-12H2,1-2H3. The number of hydrogen-bond acceptors (Lipinski definition) is 3. The molecule has 2 unspecified atom stereocenters. The zero-order chi connectivity index (χ0) is 15.9. The number of carbonyl (C=O) groups is 1. The molecule has 1 aromatic rings. The number of amides is 1. The number of ether oxygens (including phenoxy) is 1. The monoisotopic (exact) mass is 300 g/mol. The van der Waals surface area contributed by atoms with Gasteiger partial charge in [-0.1, -0.05) is 32.4 Å². The number of hydrogen-bond donors (Lipinski definition) is 0. The summed E-state index contributed by atoms with van der Waals surface area (Å²) >= 11 is 0. The van der Waals surface area contributed by atoms with E-state index in [1.54, 1.807) is 0 Å². The molecule has 1 aliphatic rings. The Balaban J connectivity index is 2.21. The first kappa shape index (κ1) is 16.5. The molecule has 4 nitrogen and oxygen atoms in total. The molecule has 22 heavy (non-hydrogen) atoms. The third-order valence-corrected chi connectivity index (χ3v) is 4.50. The van der Waals surface area contributed by atoms with Crippen LogP contribution in [-0.4, -0.2) is 37.1 Å². The first-order valence-electron chi connectivity index (χ1n) is 8.01. The Kier molecular flexibility index (Phi) is 5.97. The predicted octanol–water partition coefficient (Wildman–Crippen LogP) is 3.20. The van der Waals surface area contributed by atoms with Crippen LogP contribution in [0.25, 0.3) is 0 Å². The molecule has 1 heterocycles. The fraction of sp³-hybridized carbons (Fsp3) is 0.556. The summed E-state index contributed by atoms with van der Waals surface area (Å²) < 4.78 is 5.30. The van der Waals surface area contributed by atoms with Crippen molar-refractivity contribution in [3.8, 4) is 6.07 Å². The summed E-state index contributed by atoms with van der Waals surface area (Å²) in [5.41, 5.74) is 1.81. The van der Waals surface area contributed by atoms with Gasteiger partial charge in [-0.25, -0.2) is 0 Å². The van der Waals surface area contributed by atoms with Crippen molar-refractivity contribution in [1.82, 2.24) is 4.90 Å². The van der Waals surface area contributed by atoms with Gasteiger partial charge in [0.05, 0.1) is 19.3 Å². The van der Waals surface area contributed by atoms with E-state index in [2.05, 4.69) is 19.9 Å². The Morgan fingerprint density at radius 2 is 2.14 bits per heavy atom. The van der Waals surface area contributed by atoms with Crippen molar-refractivity contribution in [2.45, 2.75) is 32.6 Å². The minimum atomic E-state index is 0.0602. The van der Waals surface area contributed by atoms with Crippen LogP contribution in [0.2, 0.25) is 0 Å². The molecule has 0 bridgehead atoms. The Labute approximate surface area is 132 Å². The number of carbonyl (C=O) groups excluding carboxylic acids is 1. The van der Waals surface area contributed by atoms with Gasteiger partial charge in [0, 0.05) is 25.1 Å². The van der Waals surface area contributed by atoms with Gasteiger partial charge < -0.3 is 9.64 Å². The Hall–Kier alpha value is -1.86. The molecule has 1 fully saturated rings. The van der Waals surface area contributed by atoms with Crippen LogP contribution < -0.4 is 0 Å². The molecule has 1 amide bonds. The van der Waals surface area contributed by atoms with E-state index in [0.717, 1.165) is 12.0 Å². The van der Waals surface area contributed by atoms with Crippen LogP contribution >= 0.6 is 0 Å². The smallest absolute Gasteiger partial charge is 0.254 e. The average Bonchev–Trinajstić information content (AvgIpc) is 2.59. The third-order valence-electron chi connectivity index (χ3n) is 4.50. The summed E-state index contributed by atoms with van der Waals surface area (Å²) in [6.07, 6.45) is 1.51. The molecule has 1 aromatic carbocycles. The topological polar surface area (TPSA) is 53.3 Å². The lowest BCUT2D eigenvalue weighted by Crippen LogP contribution is -2.40. The van der Waals surface area contributed by atoms with Gasteiger partial charge in [0.15, 0.2) is 0 Å². The predicted molar refractivity (Wildman–Crippen MR) is 85.6 cm³/mol. The van der Waals surface area contributed by atoms with Crippen molar-refractivity contribution in [1.29, 1.82) is 5.26 Å². The van der Waals surface area contributed by atoms with Crippen LogP contribution in [0.15, 0.2) is 24.3 Å². The molecule has 0 aromatic heterocycles. The third kappa shape index (κ3) is 3.86. The maximum atomic E-state index is 12.6. The van der Waals surface area contributed by atoms with Crippen LogP contribution in [0.1, 0.15) is 48.5 Å². The summed E-state index contributed by atoms with van der Waals surface area (Å²) in [7, 11) is 0. The first-order chi connectivity index (χ1) is 10.7. The summed E-state index contributed by atoms with van der Waals surface area (Å²) in [4.78, 5) is 14.4. The van der Waals surface area contributed by atoms with Crippen molar-refractivity contribution < 1.29 is 9.53 Å². The van der Waals surface area contributed by atoms with Crippen molar-refractivity contribution in [2.24, 2.45) is 5.92 Å². The van der Waals surface area contributed by atoms with Crippen LogP contribution in [0.3, 0.4) is 0 Å². The first-order valence-corrected chi connectivity index (χ1v) is 8.01. The van der Waals surface area contributed by atoms with E-state index < -0.39 is 0 Å². The number of morpholine rings is 1. The van der Waals surface area contributed by atoms with Crippen LogP contribution in [-0.2, 0) is 4.74 Å². The zero-order valence-electron chi connectivity index (χ0n) is 13.4. The molecule has 0 N–H and O–H groups in total. The van der Waals surface area contributed by atoms with Crippen molar-refractivity contribution >= 4 is 5.91 Å². The van der Waals surface area contributed by atoms with Gasteiger partial charge in [-0.15, -0.1) is 0 Å². The second-order valence-corrected chi connectivity index (χ2v) is 5.88. The van der Waals surface area contributed by atoms with E-state index in [4.69, 9.17) is 10.00 Å². The normalized spacial score (nSPS) is 17.6. The van der Waals surface area contributed by atoms with Gasteiger partial charge in [0.25, 0.3) is 5.91 Å². The van der Waals surface area contributed by atoms with Gasteiger partial charge >= 0.3 is 0 Å². The molecule has 0 spiro atoms. The minimum absolute atomic E-state index is 0.0602. The van der Waals surface area contributed by atoms with E-state index in [9.17, 15) is 4.79 Å². The summed E-state index contributed by atoms with van der Waals surface area (Å²) in [6, 6.07) is 10.1. The number of nitrogens with zero attached hydrogens (tertiary/aromatic N) is 2. The van der Waals surface area contributed by atoms with Crippen molar-refractivity contribution in [2.75, 3.05) is 26.3 Å². The average molecular weight is 300 g/mol. The molecule has 0 radical (unpaired) electrons. The van der Waals surface area contributed by atoms with E-state index >= 15 is 0 Å². The van der Waals surface area contributed by atoms with Gasteiger partial charge in [-0.3, -0.25) is 4.79 Å². The molecule has 2 atom stereocenters. The highest BCUT2D eigenvalue weighted by atomic mass is 16.5. The van der Waals surface area contributed by atoms with Crippen molar-refractivity contribution in [3.63, 3.8) is 0 Å². The molecule has 118 valence electrons. The lowest BCUT2D eigenvalue weighted by Gasteiger charge is -2.27. The summed E-state index contributed by atoms with van der Waals surface area (Å²) in [5.74, 6) is 0.672. The Morgan fingerprint density at radius 3 is 2.77 bits per heavy atom. The minimum Gasteiger partial charge on any atom is -0.378 e. The molecule has 2 rings (SSSR count). The van der Waals surface area contributed by atoms with Gasteiger partial charge in [-0.2, -0.15) is 5.26 Å². The van der Waals surface area contributed by atoms with Crippen molar-refractivity contribution in [3.05, 3.63) is 35.4 Å². The fourth-order valence-electron chi connectivity index (χ4n) is 2.88. The van der Waals surface area contributed by atoms with E-state index in [1.165, 1.54) is 0 Å². The Bertz CT molecular complexity index is 544. The molecule has 4 heteroatoms. The quantitative estimate of drug-likeness (QED) is 0.839. The summed E-state index contributed by atoms with van der Waals surface area (Å²) in [6.45, 7) is 6.81. The lowest BCUT2D eigenvalue weighted by atomic mass is 9.83. The lowest BCUT2D eigenvalue weighted by molar-refractivity contribution is 0.0303. The van der Waals surface area contributed by atoms with Gasteiger partial charge in [0.2, 0.25) is 0 Å². The van der Waals surface area contributed by atoms with Crippen LogP contribution in [0.4, 0.5) is 0 Å². The van der Waals surface area contributed by atoms with E-state index in [0.29, 0.717) is 44.2 Å². The van der Waals surface area contributed by atoms with Gasteiger partial charge in [-0.05, 0) is 29.5 Å². The number of nitriles is 1. The largest absolute Gasteiger partial charge is 0.378 e. The number of rotatable bonds is 5. The zero-order valence-corrected chi connectivity index (χ0v) is 13.4. The molecule has 1 aliphatic heterocycles. The SMILES string of the molecule is CCC(C)C(CC#N)c1cccc(C(=O)N2CCOCC2)c1. The van der Waals surface area contributed by atoms with Crippen LogP contribution in [0, 0.1) is 17.2 Å². The second-order valence-electron chi connectivity index (χ2n) is 5.88. The molecule has 1 saturated heterocycles. The fourth-order valence-corrected chi connectivity index (χ4v) is 2.88.